The molecule has 0 spiro atoms. The van der Waals surface area contributed by atoms with E-state index in [2.05, 4.69) is 24.1 Å². The minimum Gasteiger partial charge on any atom is -0.316 e. The summed E-state index contributed by atoms with van der Waals surface area (Å²) in [6.07, 6.45) is 1.12. The molecule has 21 heavy (non-hydrogen) atoms. The fourth-order valence-corrected chi connectivity index (χ4v) is 2.80. The van der Waals surface area contributed by atoms with Crippen LogP contribution in [0.3, 0.4) is 0 Å². The molecule has 0 radical (unpaired) electrons. The van der Waals surface area contributed by atoms with E-state index in [0.717, 1.165) is 25.2 Å². The van der Waals surface area contributed by atoms with Crippen LogP contribution in [0.25, 0.3) is 0 Å². The van der Waals surface area contributed by atoms with Crippen LogP contribution in [0.4, 0.5) is 5.69 Å². The van der Waals surface area contributed by atoms with E-state index < -0.39 is 0 Å². The van der Waals surface area contributed by atoms with Crippen LogP contribution in [0.1, 0.15) is 20.3 Å². The number of rotatable bonds is 5. The molecule has 5 heteroatoms. The predicted molar refractivity (Wildman–Crippen MR) is 90.2 cm³/mol. The SMILES string of the molecule is CNC1CCN(CC(=O)N(c2ccccc2)C(C)C)C1.Cl. The quantitative estimate of drug-likeness (QED) is 0.905. The van der Waals surface area contributed by atoms with E-state index in [0.29, 0.717) is 12.6 Å². The summed E-state index contributed by atoms with van der Waals surface area (Å²) in [5.74, 6) is 0.183. The zero-order valence-electron chi connectivity index (χ0n) is 13.1. The summed E-state index contributed by atoms with van der Waals surface area (Å²) in [4.78, 5) is 16.7. The lowest BCUT2D eigenvalue weighted by atomic mass is 10.2. The molecular weight excluding hydrogens is 286 g/mol. The lowest BCUT2D eigenvalue weighted by molar-refractivity contribution is -0.119. The predicted octanol–water partition coefficient (Wildman–Crippen LogP) is 2.14. The van der Waals surface area contributed by atoms with Gasteiger partial charge in [0.05, 0.1) is 6.54 Å². The number of likely N-dealkylation sites (N-methyl/N-ethyl adjacent to an activating group) is 1. The zero-order valence-corrected chi connectivity index (χ0v) is 13.9. The number of nitrogens with one attached hydrogen (secondary N) is 1. The minimum atomic E-state index is 0. The molecule has 1 unspecified atom stereocenters. The fourth-order valence-electron chi connectivity index (χ4n) is 2.80. The largest absolute Gasteiger partial charge is 0.316 e. The van der Waals surface area contributed by atoms with Crippen molar-refractivity contribution in [2.45, 2.75) is 32.4 Å². The third kappa shape index (κ3) is 4.70. The van der Waals surface area contributed by atoms with Crippen LogP contribution in [0, 0.1) is 0 Å². The average molecular weight is 312 g/mol. The monoisotopic (exact) mass is 311 g/mol. The van der Waals surface area contributed by atoms with Crippen LogP contribution >= 0.6 is 12.4 Å². The molecule has 2 rings (SSSR count). The third-order valence-electron chi connectivity index (χ3n) is 3.86. The molecule has 1 aromatic carbocycles. The highest BCUT2D eigenvalue weighted by Gasteiger charge is 2.26. The lowest BCUT2D eigenvalue weighted by Gasteiger charge is -2.29. The molecule has 0 aromatic heterocycles. The second-order valence-corrected chi connectivity index (χ2v) is 5.70. The van der Waals surface area contributed by atoms with Gasteiger partial charge in [-0.15, -0.1) is 12.4 Å². The van der Waals surface area contributed by atoms with Crippen molar-refractivity contribution in [3.63, 3.8) is 0 Å². The van der Waals surface area contributed by atoms with Crippen molar-refractivity contribution in [2.75, 3.05) is 31.6 Å². The topological polar surface area (TPSA) is 35.6 Å². The van der Waals surface area contributed by atoms with Gasteiger partial charge in [0.25, 0.3) is 0 Å². The normalized spacial score (nSPS) is 18.6. The Labute approximate surface area is 133 Å². The standard InChI is InChI=1S/C16H25N3O.ClH/c1-13(2)19(15-7-5-4-6-8-15)16(20)12-18-10-9-14(11-18)17-3;/h4-8,13-14,17H,9-12H2,1-3H3;1H. The van der Waals surface area contributed by atoms with E-state index in [1.165, 1.54) is 0 Å². The third-order valence-corrected chi connectivity index (χ3v) is 3.86. The van der Waals surface area contributed by atoms with Gasteiger partial charge in [-0.1, -0.05) is 18.2 Å². The fraction of sp³-hybridized carbons (Fsp3) is 0.562. The average Bonchev–Trinajstić information content (AvgIpc) is 2.87. The number of hydrogen-bond acceptors (Lipinski definition) is 3. The molecule has 118 valence electrons. The number of benzene rings is 1. The van der Waals surface area contributed by atoms with E-state index in [9.17, 15) is 4.79 Å². The molecule has 1 aromatic rings. The molecule has 0 bridgehead atoms. The summed E-state index contributed by atoms with van der Waals surface area (Å²) in [6.45, 7) is 6.59. The first-order valence-electron chi connectivity index (χ1n) is 7.38. The van der Waals surface area contributed by atoms with Gasteiger partial charge in [-0.3, -0.25) is 9.69 Å². The number of nitrogens with zero attached hydrogens (tertiary/aromatic N) is 2. The van der Waals surface area contributed by atoms with E-state index in [-0.39, 0.29) is 24.4 Å². The minimum absolute atomic E-state index is 0. The number of hydrogen-bond donors (Lipinski definition) is 1. The van der Waals surface area contributed by atoms with Crippen LogP contribution < -0.4 is 10.2 Å². The Balaban J connectivity index is 0.00000220. The van der Waals surface area contributed by atoms with Crippen molar-refractivity contribution < 1.29 is 4.79 Å². The molecule has 1 amide bonds. The summed E-state index contributed by atoms with van der Waals surface area (Å²) >= 11 is 0. The molecule has 4 nitrogen and oxygen atoms in total. The molecule has 1 atom stereocenters. The molecule has 1 fully saturated rings. The number of anilines is 1. The highest BCUT2D eigenvalue weighted by Crippen LogP contribution is 2.18. The number of para-hydroxylation sites is 1. The van der Waals surface area contributed by atoms with Gasteiger partial charge in [0.1, 0.15) is 0 Å². The van der Waals surface area contributed by atoms with Gasteiger partial charge < -0.3 is 10.2 Å². The van der Waals surface area contributed by atoms with Crippen LogP contribution in [0.2, 0.25) is 0 Å². The number of halogens is 1. The van der Waals surface area contributed by atoms with Crippen LogP contribution in [0.5, 0.6) is 0 Å². The Bertz CT molecular complexity index is 438. The first-order valence-corrected chi connectivity index (χ1v) is 7.38. The Morgan fingerprint density at radius 3 is 2.57 bits per heavy atom. The maximum absolute atomic E-state index is 12.6. The molecule has 1 saturated heterocycles. The highest BCUT2D eigenvalue weighted by molar-refractivity contribution is 5.95. The van der Waals surface area contributed by atoms with Gasteiger partial charge in [-0.05, 0) is 39.4 Å². The first-order chi connectivity index (χ1) is 9.61. The van der Waals surface area contributed by atoms with Crippen molar-refractivity contribution in [1.29, 1.82) is 0 Å². The maximum Gasteiger partial charge on any atom is 0.241 e. The van der Waals surface area contributed by atoms with Crippen molar-refractivity contribution in [3.8, 4) is 0 Å². The summed E-state index contributed by atoms with van der Waals surface area (Å²) in [5, 5.41) is 3.28. The Hall–Kier alpha value is -1.10. The van der Waals surface area contributed by atoms with E-state index in [1.54, 1.807) is 0 Å². The molecule has 1 N–H and O–H groups in total. The summed E-state index contributed by atoms with van der Waals surface area (Å²) < 4.78 is 0. The zero-order chi connectivity index (χ0) is 14.5. The highest BCUT2D eigenvalue weighted by atomic mass is 35.5. The second-order valence-electron chi connectivity index (χ2n) is 5.70. The molecule has 0 aliphatic carbocycles. The molecule has 1 aliphatic rings. The summed E-state index contributed by atoms with van der Waals surface area (Å²) in [7, 11) is 1.99. The van der Waals surface area contributed by atoms with Gasteiger partial charge in [0.2, 0.25) is 5.91 Å². The Kier molecular flexibility index (Phi) is 7.15. The molecular formula is C16H26ClN3O. The summed E-state index contributed by atoms with van der Waals surface area (Å²) in [6, 6.07) is 10.6. The smallest absolute Gasteiger partial charge is 0.241 e. The number of amides is 1. The van der Waals surface area contributed by atoms with Gasteiger partial charge in [-0.2, -0.15) is 0 Å². The second kappa shape index (κ2) is 8.37. The van der Waals surface area contributed by atoms with E-state index in [4.69, 9.17) is 0 Å². The summed E-state index contributed by atoms with van der Waals surface area (Å²) in [5.41, 5.74) is 0.983. The van der Waals surface area contributed by atoms with Crippen LogP contribution in [0.15, 0.2) is 30.3 Å². The van der Waals surface area contributed by atoms with Crippen molar-refractivity contribution in [3.05, 3.63) is 30.3 Å². The van der Waals surface area contributed by atoms with Gasteiger partial charge in [0.15, 0.2) is 0 Å². The first kappa shape index (κ1) is 18.0. The van der Waals surface area contributed by atoms with Crippen molar-refractivity contribution >= 4 is 24.0 Å². The van der Waals surface area contributed by atoms with Crippen LogP contribution in [-0.4, -0.2) is 49.6 Å². The van der Waals surface area contributed by atoms with Crippen molar-refractivity contribution in [2.24, 2.45) is 0 Å². The number of carbonyl (C=O) groups is 1. The van der Waals surface area contributed by atoms with Crippen LogP contribution in [-0.2, 0) is 4.79 Å². The van der Waals surface area contributed by atoms with Gasteiger partial charge in [-0.25, -0.2) is 0 Å². The maximum atomic E-state index is 12.6. The van der Waals surface area contributed by atoms with Crippen molar-refractivity contribution in [1.82, 2.24) is 10.2 Å². The number of likely N-dealkylation sites (tertiary alicyclic amines) is 1. The number of carbonyl (C=O) groups excluding carboxylic acids is 1. The molecule has 1 heterocycles. The van der Waals surface area contributed by atoms with E-state index in [1.807, 2.05) is 42.3 Å². The molecule has 1 aliphatic heterocycles. The van der Waals surface area contributed by atoms with E-state index >= 15 is 0 Å². The Morgan fingerprint density at radius 1 is 1.38 bits per heavy atom. The van der Waals surface area contributed by atoms with Gasteiger partial charge >= 0.3 is 0 Å². The molecule has 0 saturated carbocycles. The lowest BCUT2D eigenvalue weighted by Crippen LogP contribution is -2.44. The van der Waals surface area contributed by atoms with Gasteiger partial charge in [0, 0.05) is 30.9 Å². The Morgan fingerprint density at radius 2 is 2.05 bits per heavy atom.